The van der Waals surface area contributed by atoms with E-state index in [-0.39, 0.29) is 22.3 Å². The first kappa shape index (κ1) is 19.4. The minimum atomic E-state index is -0.190. The van der Waals surface area contributed by atoms with Gasteiger partial charge in [0.05, 0.1) is 6.10 Å². The molecule has 0 saturated carbocycles. The number of aliphatic hydroxyl groups is 1. The number of hydrogen-bond donors (Lipinski definition) is 1. The number of aliphatic hydroxyl groups excluding tert-OH is 1. The van der Waals surface area contributed by atoms with Crippen LogP contribution in [0.4, 0.5) is 0 Å². The third-order valence-electron chi connectivity index (χ3n) is 4.84. The van der Waals surface area contributed by atoms with Gasteiger partial charge in [-0.15, -0.1) is 6.58 Å². The largest absolute Gasteiger partial charge is 0.393 e. The van der Waals surface area contributed by atoms with Crippen molar-refractivity contribution >= 4 is 0 Å². The van der Waals surface area contributed by atoms with Crippen molar-refractivity contribution in [2.75, 3.05) is 0 Å². The van der Waals surface area contributed by atoms with Gasteiger partial charge in [-0.1, -0.05) is 79.5 Å². The van der Waals surface area contributed by atoms with Gasteiger partial charge >= 0.3 is 0 Å². The summed E-state index contributed by atoms with van der Waals surface area (Å²) in [5, 5.41) is 10.2. The molecule has 0 amide bonds. The van der Waals surface area contributed by atoms with Crippen LogP contribution in [-0.4, -0.2) is 11.2 Å². The van der Waals surface area contributed by atoms with Crippen LogP contribution in [0, 0.1) is 16.2 Å². The summed E-state index contributed by atoms with van der Waals surface area (Å²) < 4.78 is 0. The Morgan fingerprint density at radius 3 is 2.05 bits per heavy atom. The SMILES string of the molecule is C=CC(C)(C)C=CC(C)(C)C(C)(C)CC(O)CCCC. The molecule has 0 rings (SSSR count). The van der Waals surface area contributed by atoms with Gasteiger partial charge in [-0.2, -0.15) is 0 Å². The fourth-order valence-corrected chi connectivity index (χ4v) is 2.11. The van der Waals surface area contributed by atoms with Crippen LogP contribution in [0.15, 0.2) is 24.8 Å². The normalized spacial score (nSPS) is 15.6. The Morgan fingerprint density at radius 2 is 1.60 bits per heavy atom. The molecule has 0 aliphatic heterocycles. The standard InChI is InChI=1S/C19H36O/c1-9-11-12-16(20)15-19(7,8)18(5,6)14-13-17(3,4)10-2/h10,13-14,16,20H,2,9,11-12,15H2,1,3-8H3. The predicted molar refractivity (Wildman–Crippen MR) is 90.8 cm³/mol. The van der Waals surface area contributed by atoms with Gasteiger partial charge in [0.15, 0.2) is 0 Å². The highest BCUT2D eigenvalue weighted by Crippen LogP contribution is 2.44. The predicted octanol–water partition coefficient (Wildman–Crippen LogP) is 5.75. The molecular weight excluding hydrogens is 244 g/mol. The quantitative estimate of drug-likeness (QED) is 0.533. The molecule has 1 atom stereocenters. The van der Waals surface area contributed by atoms with Gasteiger partial charge in [0.25, 0.3) is 0 Å². The van der Waals surface area contributed by atoms with Gasteiger partial charge in [0, 0.05) is 5.41 Å². The fourth-order valence-electron chi connectivity index (χ4n) is 2.11. The van der Waals surface area contributed by atoms with E-state index < -0.39 is 0 Å². The molecule has 0 aromatic heterocycles. The van der Waals surface area contributed by atoms with Crippen LogP contribution in [0.1, 0.15) is 74.1 Å². The highest BCUT2D eigenvalue weighted by Gasteiger charge is 2.36. The van der Waals surface area contributed by atoms with Crippen molar-refractivity contribution in [3.63, 3.8) is 0 Å². The van der Waals surface area contributed by atoms with Crippen LogP contribution in [0.2, 0.25) is 0 Å². The van der Waals surface area contributed by atoms with Gasteiger partial charge in [-0.3, -0.25) is 0 Å². The lowest BCUT2D eigenvalue weighted by molar-refractivity contribution is 0.0535. The third-order valence-corrected chi connectivity index (χ3v) is 4.84. The van der Waals surface area contributed by atoms with Gasteiger partial charge in [-0.05, 0) is 23.7 Å². The van der Waals surface area contributed by atoms with Gasteiger partial charge in [0.1, 0.15) is 0 Å². The number of rotatable bonds is 9. The van der Waals surface area contributed by atoms with Crippen molar-refractivity contribution in [3.8, 4) is 0 Å². The second-order valence-corrected chi connectivity index (χ2v) is 7.96. The zero-order valence-electron chi connectivity index (χ0n) is 14.8. The van der Waals surface area contributed by atoms with Crippen molar-refractivity contribution in [2.45, 2.75) is 80.3 Å². The zero-order chi connectivity index (χ0) is 16.0. The molecule has 0 saturated heterocycles. The van der Waals surface area contributed by atoms with Crippen molar-refractivity contribution in [3.05, 3.63) is 24.8 Å². The lowest BCUT2D eigenvalue weighted by atomic mass is 9.64. The van der Waals surface area contributed by atoms with Crippen molar-refractivity contribution in [1.29, 1.82) is 0 Å². The Labute approximate surface area is 127 Å². The van der Waals surface area contributed by atoms with E-state index in [1.54, 1.807) is 0 Å². The highest BCUT2D eigenvalue weighted by molar-refractivity contribution is 5.11. The zero-order valence-corrected chi connectivity index (χ0v) is 14.8. The van der Waals surface area contributed by atoms with E-state index in [2.05, 4.69) is 67.2 Å². The van der Waals surface area contributed by atoms with Crippen molar-refractivity contribution in [1.82, 2.24) is 0 Å². The van der Waals surface area contributed by atoms with E-state index >= 15 is 0 Å². The second-order valence-electron chi connectivity index (χ2n) is 7.96. The summed E-state index contributed by atoms with van der Waals surface area (Å²) >= 11 is 0. The summed E-state index contributed by atoms with van der Waals surface area (Å²) in [5.74, 6) is 0. The first-order valence-electron chi connectivity index (χ1n) is 7.99. The van der Waals surface area contributed by atoms with Gasteiger partial charge in [-0.25, -0.2) is 0 Å². The Bertz CT molecular complexity index is 321. The number of unbranched alkanes of at least 4 members (excludes halogenated alkanes) is 1. The topological polar surface area (TPSA) is 20.2 Å². The average Bonchev–Trinajstić information content (AvgIpc) is 2.33. The maximum atomic E-state index is 10.2. The van der Waals surface area contributed by atoms with Crippen LogP contribution >= 0.6 is 0 Å². The number of hydrogen-bond acceptors (Lipinski definition) is 1. The van der Waals surface area contributed by atoms with Crippen LogP contribution < -0.4 is 0 Å². The molecule has 1 N–H and O–H groups in total. The summed E-state index contributed by atoms with van der Waals surface area (Å²) in [4.78, 5) is 0. The first-order chi connectivity index (χ1) is 8.97. The maximum Gasteiger partial charge on any atom is 0.0545 e. The van der Waals surface area contributed by atoms with E-state index in [1.807, 2.05) is 6.08 Å². The van der Waals surface area contributed by atoms with Crippen LogP contribution in [-0.2, 0) is 0 Å². The molecule has 1 heteroatoms. The first-order valence-corrected chi connectivity index (χ1v) is 7.99. The molecule has 0 aromatic carbocycles. The highest BCUT2D eigenvalue weighted by atomic mass is 16.3. The van der Waals surface area contributed by atoms with Crippen LogP contribution in [0.5, 0.6) is 0 Å². The molecule has 1 nitrogen and oxygen atoms in total. The maximum absolute atomic E-state index is 10.2. The molecule has 20 heavy (non-hydrogen) atoms. The minimum Gasteiger partial charge on any atom is -0.393 e. The monoisotopic (exact) mass is 280 g/mol. The summed E-state index contributed by atoms with van der Waals surface area (Å²) in [5.41, 5.74) is 0.128. The fraction of sp³-hybridized carbons (Fsp3) is 0.789. The molecule has 0 aliphatic carbocycles. The Morgan fingerprint density at radius 1 is 1.05 bits per heavy atom. The lowest BCUT2D eigenvalue weighted by Crippen LogP contribution is -2.34. The summed E-state index contributed by atoms with van der Waals surface area (Å²) in [6, 6.07) is 0. The lowest BCUT2D eigenvalue weighted by Gasteiger charge is -2.41. The smallest absolute Gasteiger partial charge is 0.0545 e. The summed E-state index contributed by atoms with van der Waals surface area (Å²) in [6.07, 6.45) is 10.3. The van der Waals surface area contributed by atoms with Crippen LogP contribution in [0.25, 0.3) is 0 Å². The Hall–Kier alpha value is -0.560. The molecule has 0 bridgehead atoms. The van der Waals surface area contributed by atoms with E-state index in [0.717, 1.165) is 25.7 Å². The Kier molecular flexibility index (Phi) is 7.24. The van der Waals surface area contributed by atoms with Crippen LogP contribution in [0.3, 0.4) is 0 Å². The molecule has 0 heterocycles. The summed E-state index contributed by atoms with van der Waals surface area (Å²) in [6.45, 7) is 19.4. The molecule has 118 valence electrons. The van der Waals surface area contributed by atoms with Gasteiger partial charge in [0.2, 0.25) is 0 Å². The van der Waals surface area contributed by atoms with E-state index in [9.17, 15) is 5.11 Å². The average molecular weight is 280 g/mol. The van der Waals surface area contributed by atoms with E-state index in [4.69, 9.17) is 0 Å². The molecule has 0 radical (unpaired) electrons. The molecule has 0 aliphatic rings. The summed E-state index contributed by atoms with van der Waals surface area (Å²) in [7, 11) is 0. The molecule has 0 aromatic rings. The molecule has 1 unspecified atom stereocenters. The van der Waals surface area contributed by atoms with Gasteiger partial charge < -0.3 is 5.11 Å². The second kappa shape index (κ2) is 7.45. The van der Waals surface area contributed by atoms with Crippen molar-refractivity contribution in [2.24, 2.45) is 16.2 Å². The molecule has 0 spiro atoms. The number of allylic oxidation sites excluding steroid dienone is 3. The molecular formula is C19H36O. The molecule has 0 fully saturated rings. The third kappa shape index (κ3) is 6.26. The van der Waals surface area contributed by atoms with E-state index in [0.29, 0.717) is 0 Å². The Balaban J connectivity index is 4.84. The van der Waals surface area contributed by atoms with E-state index in [1.165, 1.54) is 0 Å². The van der Waals surface area contributed by atoms with Crippen molar-refractivity contribution < 1.29 is 5.11 Å². The minimum absolute atomic E-state index is 0.0220.